The van der Waals surface area contributed by atoms with Gasteiger partial charge >= 0.3 is 6.03 Å². The molecule has 1 aromatic carbocycles. The van der Waals surface area contributed by atoms with Gasteiger partial charge in [0.25, 0.3) is 11.8 Å². The summed E-state index contributed by atoms with van der Waals surface area (Å²) in [5.74, 6) is -0.397. The number of hydrogen-bond donors (Lipinski definition) is 1. The van der Waals surface area contributed by atoms with Gasteiger partial charge < -0.3 is 13.7 Å². The Bertz CT molecular complexity index is 1260. The van der Waals surface area contributed by atoms with E-state index in [4.69, 9.17) is 20.8 Å². The number of hydrogen-bond acceptors (Lipinski definition) is 5. The van der Waals surface area contributed by atoms with Crippen LogP contribution in [-0.2, 0) is 16.1 Å². The third-order valence-electron chi connectivity index (χ3n) is 5.23. The number of aromatic nitrogens is 1. The van der Waals surface area contributed by atoms with Gasteiger partial charge in [-0.2, -0.15) is 0 Å². The maximum absolute atomic E-state index is 13.0. The Labute approximate surface area is 189 Å². The fraction of sp³-hybridized carbons (Fsp3) is 0.174. The number of barbiturate groups is 1. The van der Waals surface area contributed by atoms with Crippen LogP contribution in [0.3, 0.4) is 0 Å². The van der Waals surface area contributed by atoms with E-state index in [-0.39, 0.29) is 12.1 Å². The molecule has 0 atom stereocenters. The van der Waals surface area contributed by atoms with Crippen LogP contribution in [0.5, 0.6) is 5.75 Å². The smallest absolute Gasteiger partial charge is 0.331 e. The third kappa shape index (κ3) is 3.80. The number of methoxy groups -OCH3 is 1. The fourth-order valence-electron chi connectivity index (χ4n) is 3.69. The average molecular weight is 454 g/mol. The number of aryl methyl sites for hydroxylation is 1. The van der Waals surface area contributed by atoms with Gasteiger partial charge in [0.15, 0.2) is 0 Å². The van der Waals surface area contributed by atoms with E-state index in [1.54, 1.807) is 37.4 Å². The number of nitrogens with one attached hydrogen (secondary N) is 1. The minimum atomic E-state index is -0.789. The van der Waals surface area contributed by atoms with E-state index < -0.39 is 17.8 Å². The lowest BCUT2D eigenvalue weighted by molar-refractivity contribution is -0.130. The molecule has 1 fully saturated rings. The Hall–Kier alpha value is -3.78. The Kier molecular flexibility index (Phi) is 5.63. The standard InChI is InChI=1S/C23H20ClN3O5/c1-13-9-15(14(2)27(13)19-11-16(24)6-7-20(19)31-3)10-18-21(28)25-23(30)26(22(18)29)12-17-5-4-8-32-17/h4-11H,12H2,1-3H3,(H,25,28,30). The van der Waals surface area contributed by atoms with Crippen molar-refractivity contribution in [3.63, 3.8) is 0 Å². The predicted molar refractivity (Wildman–Crippen MR) is 118 cm³/mol. The molecule has 3 heterocycles. The molecular formula is C23H20ClN3O5. The van der Waals surface area contributed by atoms with Crippen molar-refractivity contribution in [3.05, 3.63) is 76.0 Å². The zero-order valence-electron chi connectivity index (χ0n) is 17.6. The minimum Gasteiger partial charge on any atom is -0.495 e. The molecule has 3 aromatic rings. The van der Waals surface area contributed by atoms with Crippen molar-refractivity contribution in [2.75, 3.05) is 7.11 Å². The zero-order valence-corrected chi connectivity index (χ0v) is 18.4. The van der Waals surface area contributed by atoms with Crippen molar-refractivity contribution < 1.29 is 23.5 Å². The summed E-state index contributed by atoms with van der Waals surface area (Å²) in [6.07, 6.45) is 2.93. The molecule has 8 nitrogen and oxygen atoms in total. The summed E-state index contributed by atoms with van der Waals surface area (Å²) in [6.45, 7) is 3.67. The Morgan fingerprint density at radius 3 is 2.62 bits per heavy atom. The molecular weight excluding hydrogens is 434 g/mol. The lowest BCUT2D eigenvalue weighted by atomic mass is 10.1. The van der Waals surface area contributed by atoms with Gasteiger partial charge in [0.05, 0.1) is 25.6 Å². The van der Waals surface area contributed by atoms with E-state index in [9.17, 15) is 14.4 Å². The fourth-order valence-corrected chi connectivity index (χ4v) is 3.86. The normalized spacial score (nSPS) is 15.4. The minimum absolute atomic E-state index is 0.0823. The highest BCUT2D eigenvalue weighted by Gasteiger charge is 2.36. The number of rotatable bonds is 5. The third-order valence-corrected chi connectivity index (χ3v) is 5.47. The van der Waals surface area contributed by atoms with Gasteiger partial charge in [-0.05, 0) is 61.9 Å². The van der Waals surface area contributed by atoms with Crippen LogP contribution in [0.2, 0.25) is 5.02 Å². The average Bonchev–Trinajstić information content (AvgIpc) is 3.36. The SMILES string of the molecule is COc1ccc(Cl)cc1-n1c(C)cc(C=C2C(=O)NC(=O)N(Cc3ccco3)C2=O)c1C. The summed E-state index contributed by atoms with van der Waals surface area (Å²) in [4.78, 5) is 38.6. The number of halogens is 1. The summed E-state index contributed by atoms with van der Waals surface area (Å²) in [5.41, 5.74) is 2.85. The van der Waals surface area contributed by atoms with Crippen molar-refractivity contribution >= 4 is 35.5 Å². The summed E-state index contributed by atoms with van der Waals surface area (Å²) >= 11 is 6.19. The summed E-state index contributed by atoms with van der Waals surface area (Å²) < 4.78 is 12.6. The number of nitrogens with zero attached hydrogens (tertiary/aromatic N) is 2. The van der Waals surface area contributed by atoms with Gasteiger partial charge in [-0.15, -0.1) is 0 Å². The molecule has 9 heteroatoms. The lowest BCUT2D eigenvalue weighted by Gasteiger charge is -2.25. The number of urea groups is 1. The van der Waals surface area contributed by atoms with Crippen molar-refractivity contribution in [2.45, 2.75) is 20.4 Å². The zero-order chi connectivity index (χ0) is 23.0. The van der Waals surface area contributed by atoms with Crippen molar-refractivity contribution in [3.8, 4) is 11.4 Å². The molecule has 32 heavy (non-hydrogen) atoms. The molecule has 0 bridgehead atoms. The van der Waals surface area contributed by atoms with Crippen molar-refractivity contribution in [1.29, 1.82) is 0 Å². The molecule has 1 saturated heterocycles. The quantitative estimate of drug-likeness (QED) is 0.465. The van der Waals surface area contributed by atoms with Crippen LogP contribution in [0.4, 0.5) is 4.79 Å². The first-order chi connectivity index (χ1) is 15.3. The molecule has 1 aliphatic rings. The second kappa shape index (κ2) is 8.39. The Morgan fingerprint density at radius 2 is 1.94 bits per heavy atom. The maximum atomic E-state index is 13.0. The van der Waals surface area contributed by atoms with Crippen LogP contribution >= 0.6 is 11.6 Å². The van der Waals surface area contributed by atoms with Crippen LogP contribution in [0.25, 0.3) is 11.8 Å². The van der Waals surface area contributed by atoms with Crippen molar-refractivity contribution in [1.82, 2.24) is 14.8 Å². The van der Waals surface area contributed by atoms with Gasteiger partial charge in [0.1, 0.15) is 17.1 Å². The summed E-state index contributed by atoms with van der Waals surface area (Å²) in [5, 5.41) is 2.76. The van der Waals surface area contributed by atoms with Gasteiger partial charge in [0.2, 0.25) is 0 Å². The number of carbonyl (C=O) groups excluding carboxylic acids is 3. The monoisotopic (exact) mass is 453 g/mol. The predicted octanol–water partition coefficient (Wildman–Crippen LogP) is 4.01. The Balaban J connectivity index is 1.74. The molecule has 0 saturated carbocycles. The number of benzene rings is 1. The topological polar surface area (TPSA) is 93.8 Å². The van der Waals surface area contributed by atoms with E-state index in [2.05, 4.69) is 5.32 Å². The number of furan rings is 1. The van der Waals surface area contributed by atoms with Gasteiger partial charge in [-0.25, -0.2) is 4.79 Å². The van der Waals surface area contributed by atoms with E-state index >= 15 is 0 Å². The second-order valence-corrected chi connectivity index (χ2v) is 7.70. The highest BCUT2D eigenvalue weighted by Crippen LogP contribution is 2.31. The molecule has 1 aliphatic heterocycles. The molecule has 4 amide bonds. The first kappa shape index (κ1) is 21.5. The number of amides is 4. The Morgan fingerprint density at radius 1 is 1.16 bits per heavy atom. The van der Waals surface area contributed by atoms with Crippen LogP contribution < -0.4 is 10.1 Å². The number of imide groups is 2. The molecule has 0 unspecified atom stereocenters. The lowest BCUT2D eigenvalue weighted by Crippen LogP contribution is -2.53. The van der Waals surface area contributed by atoms with Crippen LogP contribution in [0.15, 0.2) is 52.7 Å². The van der Waals surface area contributed by atoms with Gasteiger partial charge in [0, 0.05) is 16.4 Å². The molecule has 2 aromatic heterocycles. The first-order valence-electron chi connectivity index (χ1n) is 9.74. The van der Waals surface area contributed by atoms with Gasteiger partial charge in [-0.1, -0.05) is 11.6 Å². The molecule has 0 radical (unpaired) electrons. The van der Waals surface area contributed by atoms with E-state index in [1.165, 1.54) is 12.3 Å². The van der Waals surface area contributed by atoms with E-state index in [0.29, 0.717) is 22.1 Å². The number of ether oxygens (including phenoxy) is 1. The van der Waals surface area contributed by atoms with Crippen LogP contribution in [-0.4, -0.2) is 34.4 Å². The summed E-state index contributed by atoms with van der Waals surface area (Å²) in [7, 11) is 1.57. The van der Waals surface area contributed by atoms with Crippen LogP contribution in [0, 0.1) is 13.8 Å². The highest BCUT2D eigenvalue weighted by atomic mass is 35.5. The van der Waals surface area contributed by atoms with Crippen molar-refractivity contribution in [2.24, 2.45) is 0 Å². The largest absolute Gasteiger partial charge is 0.495 e. The molecule has 164 valence electrons. The molecule has 4 rings (SSSR count). The number of carbonyl (C=O) groups is 3. The van der Waals surface area contributed by atoms with E-state index in [1.807, 2.05) is 24.5 Å². The molecule has 0 aliphatic carbocycles. The summed E-state index contributed by atoms with van der Waals surface area (Å²) in [6, 6.07) is 9.63. The van der Waals surface area contributed by atoms with Crippen LogP contribution in [0.1, 0.15) is 22.7 Å². The molecule has 1 N–H and O–H groups in total. The van der Waals surface area contributed by atoms with Gasteiger partial charge in [-0.3, -0.25) is 19.8 Å². The highest BCUT2D eigenvalue weighted by molar-refractivity contribution is 6.31. The molecule has 0 spiro atoms. The van der Waals surface area contributed by atoms with E-state index in [0.717, 1.165) is 22.0 Å². The first-order valence-corrected chi connectivity index (χ1v) is 10.1. The second-order valence-electron chi connectivity index (χ2n) is 7.27. The maximum Gasteiger partial charge on any atom is 0.331 e.